The summed E-state index contributed by atoms with van der Waals surface area (Å²) in [6.07, 6.45) is 5.20. The third-order valence-electron chi connectivity index (χ3n) is 5.01. The summed E-state index contributed by atoms with van der Waals surface area (Å²) in [5.41, 5.74) is 3.94. The number of aromatic hydroxyl groups is 2. The van der Waals surface area contributed by atoms with Crippen molar-refractivity contribution in [1.29, 1.82) is 0 Å². The number of esters is 2. The Morgan fingerprint density at radius 2 is 1.10 bits per heavy atom. The van der Waals surface area contributed by atoms with Crippen LogP contribution in [-0.4, -0.2) is 35.4 Å². The smallest absolute Gasteiger partial charge is 0.302 e. The van der Waals surface area contributed by atoms with Gasteiger partial charge in [0.25, 0.3) is 0 Å². The van der Waals surface area contributed by atoms with Crippen LogP contribution in [0.1, 0.15) is 55.4 Å². The van der Waals surface area contributed by atoms with Gasteiger partial charge in [-0.1, -0.05) is 24.3 Å². The fourth-order valence-corrected chi connectivity index (χ4v) is 3.44. The maximum absolute atomic E-state index is 10.8. The van der Waals surface area contributed by atoms with Crippen LogP contribution < -0.4 is 0 Å². The highest BCUT2D eigenvalue weighted by Gasteiger charge is 2.07. The molecule has 2 aromatic rings. The van der Waals surface area contributed by atoms with Crippen LogP contribution in [-0.2, 0) is 44.7 Å². The first-order valence-corrected chi connectivity index (χ1v) is 10.7. The van der Waals surface area contributed by atoms with Gasteiger partial charge in [-0.25, -0.2) is 0 Å². The topological polar surface area (TPSA) is 93.1 Å². The van der Waals surface area contributed by atoms with Gasteiger partial charge >= 0.3 is 11.9 Å². The first-order chi connectivity index (χ1) is 14.8. The Kier molecular flexibility index (Phi) is 9.88. The molecule has 0 saturated heterocycles. The molecule has 0 fully saturated rings. The zero-order valence-electron chi connectivity index (χ0n) is 18.4. The number of benzene rings is 2. The Hall–Kier alpha value is -3.02. The first-order valence-electron chi connectivity index (χ1n) is 10.7. The predicted octanol–water partition coefficient (Wildman–Crippen LogP) is 4.26. The average Bonchev–Trinajstić information content (AvgIpc) is 2.72. The van der Waals surface area contributed by atoms with Crippen LogP contribution in [0.2, 0.25) is 0 Å². The second-order valence-corrected chi connectivity index (χ2v) is 7.67. The van der Waals surface area contributed by atoms with E-state index in [2.05, 4.69) is 0 Å². The van der Waals surface area contributed by atoms with Gasteiger partial charge in [0, 0.05) is 13.8 Å². The fourth-order valence-electron chi connectivity index (χ4n) is 3.44. The molecule has 6 heteroatoms. The van der Waals surface area contributed by atoms with Crippen LogP contribution in [0.4, 0.5) is 0 Å². The lowest BCUT2D eigenvalue weighted by Crippen LogP contribution is -2.02. The molecule has 0 amide bonds. The highest BCUT2D eigenvalue weighted by molar-refractivity contribution is 5.66. The summed E-state index contributed by atoms with van der Waals surface area (Å²) in [5.74, 6) is -0.00872. The first kappa shape index (κ1) is 24.3. The Balaban J connectivity index is 1.86. The number of carbonyl (C=O) groups is 2. The highest BCUT2D eigenvalue weighted by atomic mass is 16.5. The molecule has 6 nitrogen and oxygen atoms in total. The molecule has 168 valence electrons. The number of carbonyl (C=O) groups excluding carboxylic acids is 2. The monoisotopic (exact) mass is 428 g/mol. The molecule has 31 heavy (non-hydrogen) atoms. The van der Waals surface area contributed by atoms with Crippen molar-refractivity contribution in [2.45, 2.75) is 58.8 Å². The van der Waals surface area contributed by atoms with Crippen molar-refractivity contribution in [3.63, 3.8) is 0 Å². The molecule has 0 saturated carbocycles. The SMILES string of the molecule is CC(=O)OCCCc1ccc(O)c(CCCc2cc(CCCOC(C)=O)ccc2O)c1. The maximum atomic E-state index is 10.8. The van der Waals surface area contributed by atoms with Gasteiger partial charge in [-0.2, -0.15) is 0 Å². The van der Waals surface area contributed by atoms with E-state index < -0.39 is 0 Å². The van der Waals surface area contributed by atoms with E-state index in [9.17, 15) is 19.8 Å². The van der Waals surface area contributed by atoms with Gasteiger partial charge < -0.3 is 19.7 Å². The van der Waals surface area contributed by atoms with Gasteiger partial charge in [-0.15, -0.1) is 0 Å². The number of phenolic OH excluding ortho intramolecular Hbond substituents is 2. The van der Waals surface area contributed by atoms with E-state index in [1.54, 1.807) is 12.1 Å². The molecule has 0 heterocycles. The van der Waals surface area contributed by atoms with Crippen molar-refractivity contribution in [3.8, 4) is 11.5 Å². The molecular formula is C25H32O6. The van der Waals surface area contributed by atoms with E-state index in [0.717, 1.165) is 54.4 Å². The molecular weight excluding hydrogens is 396 g/mol. The second kappa shape index (κ2) is 12.6. The molecule has 2 aromatic carbocycles. The maximum Gasteiger partial charge on any atom is 0.302 e. The summed E-state index contributed by atoms with van der Waals surface area (Å²) < 4.78 is 9.92. The molecule has 0 unspecified atom stereocenters. The average molecular weight is 429 g/mol. The van der Waals surface area contributed by atoms with Crippen molar-refractivity contribution >= 4 is 11.9 Å². The summed E-state index contributed by atoms with van der Waals surface area (Å²) in [6, 6.07) is 11.2. The molecule has 0 atom stereocenters. The Morgan fingerprint density at radius 3 is 1.48 bits per heavy atom. The van der Waals surface area contributed by atoms with Crippen molar-refractivity contribution in [2.24, 2.45) is 0 Å². The molecule has 0 aliphatic rings. The van der Waals surface area contributed by atoms with Crippen LogP contribution >= 0.6 is 0 Å². The lowest BCUT2D eigenvalue weighted by molar-refractivity contribution is -0.142. The van der Waals surface area contributed by atoms with Crippen molar-refractivity contribution in [3.05, 3.63) is 58.7 Å². The van der Waals surface area contributed by atoms with Gasteiger partial charge in [0.2, 0.25) is 0 Å². The number of ether oxygens (including phenoxy) is 2. The zero-order chi connectivity index (χ0) is 22.6. The third kappa shape index (κ3) is 9.11. The lowest BCUT2D eigenvalue weighted by atomic mass is 9.98. The van der Waals surface area contributed by atoms with Crippen LogP contribution in [0.15, 0.2) is 36.4 Å². The van der Waals surface area contributed by atoms with Crippen molar-refractivity contribution in [1.82, 2.24) is 0 Å². The number of phenols is 2. The van der Waals surface area contributed by atoms with E-state index in [0.29, 0.717) is 26.1 Å². The van der Waals surface area contributed by atoms with E-state index in [1.807, 2.05) is 24.3 Å². The molecule has 0 aromatic heterocycles. The van der Waals surface area contributed by atoms with Gasteiger partial charge in [0.15, 0.2) is 0 Å². The summed E-state index contributed by atoms with van der Waals surface area (Å²) in [6.45, 7) is 3.58. The zero-order valence-corrected chi connectivity index (χ0v) is 18.4. The summed E-state index contributed by atoms with van der Waals surface area (Å²) >= 11 is 0. The Labute approximate surface area is 183 Å². The predicted molar refractivity (Wildman–Crippen MR) is 118 cm³/mol. The molecule has 0 spiro atoms. The largest absolute Gasteiger partial charge is 0.508 e. The summed E-state index contributed by atoms with van der Waals surface area (Å²) in [5, 5.41) is 20.4. The minimum absolute atomic E-state index is 0.271. The highest BCUT2D eigenvalue weighted by Crippen LogP contribution is 2.25. The Morgan fingerprint density at radius 1 is 0.677 bits per heavy atom. The fraction of sp³-hybridized carbons (Fsp3) is 0.440. The minimum atomic E-state index is -0.275. The third-order valence-corrected chi connectivity index (χ3v) is 5.01. The Bertz CT molecular complexity index is 803. The van der Waals surface area contributed by atoms with Gasteiger partial charge in [0.05, 0.1) is 13.2 Å². The van der Waals surface area contributed by atoms with Crippen LogP contribution in [0.25, 0.3) is 0 Å². The molecule has 2 rings (SSSR count). The van der Waals surface area contributed by atoms with E-state index >= 15 is 0 Å². The quantitative estimate of drug-likeness (QED) is 0.387. The molecule has 2 N–H and O–H groups in total. The number of rotatable bonds is 12. The normalized spacial score (nSPS) is 10.6. The molecule has 0 bridgehead atoms. The second-order valence-electron chi connectivity index (χ2n) is 7.67. The van der Waals surface area contributed by atoms with E-state index in [1.165, 1.54) is 13.8 Å². The number of hydrogen-bond acceptors (Lipinski definition) is 6. The molecule has 0 aliphatic heterocycles. The van der Waals surface area contributed by atoms with Crippen LogP contribution in [0.3, 0.4) is 0 Å². The molecule has 0 aliphatic carbocycles. The van der Waals surface area contributed by atoms with Crippen LogP contribution in [0, 0.1) is 0 Å². The summed E-state index contributed by atoms with van der Waals surface area (Å²) in [4.78, 5) is 21.7. The van der Waals surface area contributed by atoms with Crippen molar-refractivity contribution in [2.75, 3.05) is 13.2 Å². The lowest BCUT2D eigenvalue weighted by Gasteiger charge is -2.10. The van der Waals surface area contributed by atoms with Crippen LogP contribution in [0.5, 0.6) is 11.5 Å². The number of aryl methyl sites for hydroxylation is 4. The van der Waals surface area contributed by atoms with Gasteiger partial charge in [-0.05, 0) is 79.3 Å². The molecule has 0 radical (unpaired) electrons. The van der Waals surface area contributed by atoms with Gasteiger partial charge in [0.1, 0.15) is 11.5 Å². The minimum Gasteiger partial charge on any atom is -0.508 e. The van der Waals surface area contributed by atoms with E-state index in [-0.39, 0.29) is 23.4 Å². The van der Waals surface area contributed by atoms with Crippen molar-refractivity contribution < 1.29 is 29.3 Å². The van der Waals surface area contributed by atoms with E-state index in [4.69, 9.17) is 9.47 Å². The summed E-state index contributed by atoms with van der Waals surface area (Å²) in [7, 11) is 0. The van der Waals surface area contributed by atoms with Gasteiger partial charge in [-0.3, -0.25) is 9.59 Å². The standard InChI is InChI=1S/C25H32O6/c1-18(26)30-14-4-6-20-10-12-24(28)22(16-20)8-3-9-23-17-21(11-13-25(23)29)7-5-15-31-19(2)27/h10-13,16-17,28-29H,3-9,14-15H2,1-2H3. The number of hydrogen-bond donors (Lipinski definition) is 2.